The summed E-state index contributed by atoms with van der Waals surface area (Å²) in [6.45, 7) is 1.89. The standard InChI is InChI=1S/C8H6N4/c1-6-5-12-8(10-6)3-2-7(4-9)11-12/h2-3,5H,1H3. The first-order valence-electron chi connectivity index (χ1n) is 3.53. The van der Waals surface area contributed by atoms with E-state index in [1.165, 1.54) is 0 Å². The molecule has 0 radical (unpaired) electrons. The molecule has 0 aliphatic heterocycles. The van der Waals surface area contributed by atoms with Crippen molar-refractivity contribution in [1.29, 1.82) is 5.26 Å². The van der Waals surface area contributed by atoms with Crippen molar-refractivity contribution in [3.8, 4) is 6.07 Å². The minimum Gasteiger partial charge on any atom is -0.232 e. The maximum Gasteiger partial charge on any atom is 0.161 e. The van der Waals surface area contributed by atoms with Crippen LogP contribution in [0.4, 0.5) is 0 Å². The second kappa shape index (κ2) is 2.31. The molecule has 0 saturated carbocycles. The van der Waals surface area contributed by atoms with Crippen LogP contribution in [0.5, 0.6) is 0 Å². The molecule has 0 fully saturated rings. The predicted molar refractivity (Wildman–Crippen MR) is 42.4 cm³/mol. The molecular weight excluding hydrogens is 152 g/mol. The van der Waals surface area contributed by atoms with Crippen molar-refractivity contribution in [3.63, 3.8) is 0 Å². The Balaban J connectivity index is 2.77. The van der Waals surface area contributed by atoms with E-state index >= 15 is 0 Å². The molecule has 0 saturated heterocycles. The first kappa shape index (κ1) is 6.80. The van der Waals surface area contributed by atoms with Crippen molar-refractivity contribution >= 4 is 5.65 Å². The third-order valence-corrected chi connectivity index (χ3v) is 1.56. The summed E-state index contributed by atoms with van der Waals surface area (Å²) in [5.74, 6) is 0. The number of aryl methyl sites for hydroxylation is 1. The van der Waals surface area contributed by atoms with Crippen molar-refractivity contribution in [3.05, 3.63) is 29.7 Å². The Kier molecular flexibility index (Phi) is 1.31. The van der Waals surface area contributed by atoms with Crippen LogP contribution in [0.15, 0.2) is 18.3 Å². The van der Waals surface area contributed by atoms with E-state index in [0.717, 1.165) is 11.3 Å². The molecule has 0 bridgehead atoms. The summed E-state index contributed by atoms with van der Waals surface area (Å²) < 4.78 is 1.61. The van der Waals surface area contributed by atoms with Gasteiger partial charge in [0.05, 0.1) is 11.9 Å². The highest BCUT2D eigenvalue weighted by molar-refractivity contribution is 5.39. The minimum absolute atomic E-state index is 0.403. The van der Waals surface area contributed by atoms with Crippen molar-refractivity contribution in [2.45, 2.75) is 6.92 Å². The van der Waals surface area contributed by atoms with Crippen molar-refractivity contribution < 1.29 is 0 Å². The van der Waals surface area contributed by atoms with Gasteiger partial charge in [-0.3, -0.25) is 0 Å². The van der Waals surface area contributed by atoms with Gasteiger partial charge in [-0.2, -0.15) is 10.4 Å². The number of nitriles is 1. The lowest BCUT2D eigenvalue weighted by molar-refractivity contribution is 0.920. The van der Waals surface area contributed by atoms with Gasteiger partial charge in [0.1, 0.15) is 6.07 Å². The van der Waals surface area contributed by atoms with E-state index in [4.69, 9.17) is 5.26 Å². The van der Waals surface area contributed by atoms with Gasteiger partial charge >= 0.3 is 0 Å². The van der Waals surface area contributed by atoms with Gasteiger partial charge in [-0.15, -0.1) is 0 Å². The molecule has 0 amide bonds. The highest BCUT2D eigenvalue weighted by atomic mass is 15.2. The third kappa shape index (κ3) is 0.920. The van der Waals surface area contributed by atoms with E-state index in [0.29, 0.717) is 5.69 Å². The van der Waals surface area contributed by atoms with Crippen LogP contribution in [0, 0.1) is 18.3 Å². The van der Waals surface area contributed by atoms with E-state index in [9.17, 15) is 0 Å². The lowest BCUT2D eigenvalue weighted by Gasteiger charge is -1.89. The summed E-state index contributed by atoms with van der Waals surface area (Å²) in [6, 6.07) is 5.40. The molecule has 0 N–H and O–H groups in total. The van der Waals surface area contributed by atoms with Gasteiger partial charge < -0.3 is 0 Å². The lowest BCUT2D eigenvalue weighted by Crippen LogP contribution is -1.92. The molecule has 0 atom stereocenters. The Morgan fingerprint density at radius 3 is 3.08 bits per heavy atom. The zero-order chi connectivity index (χ0) is 8.55. The fourth-order valence-corrected chi connectivity index (χ4v) is 1.06. The van der Waals surface area contributed by atoms with Crippen LogP contribution in [0.2, 0.25) is 0 Å². The largest absolute Gasteiger partial charge is 0.232 e. The highest BCUT2D eigenvalue weighted by Gasteiger charge is 1.98. The zero-order valence-electron chi connectivity index (χ0n) is 6.52. The molecule has 12 heavy (non-hydrogen) atoms. The van der Waals surface area contributed by atoms with E-state index in [-0.39, 0.29) is 0 Å². The topological polar surface area (TPSA) is 54.0 Å². The SMILES string of the molecule is Cc1cn2nc(C#N)ccc2n1. The fourth-order valence-electron chi connectivity index (χ4n) is 1.06. The molecular formula is C8H6N4. The first-order valence-corrected chi connectivity index (χ1v) is 3.53. The quantitative estimate of drug-likeness (QED) is 0.572. The number of hydrogen-bond acceptors (Lipinski definition) is 3. The number of aromatic nitrogens is 3. The van der Waals surface area contributed by atoms with Crippen LogP contribution in [-0.4, -0.2) is 14.6 Å². The van der Waals surface area contributed by atoms with E-state index in [1.54, 1.807) is 22.8 Å². The van der Waals surface area contributed by atoms with E-state index < -0.39 is 0 Å². The van der Waals surface area contributed by atoms with E-state index in [2.05, 4.69) is 10.1 Å². The number of rotatable bonds is 0. The first-order chi connectivity index (χ1) is 5.79. The summed E-state index contributed by atoms with van der Waals surface area (Å²) in [5.41, 5.74) is 2.07. The Morgan fingerprint density at radius 2 is 2.33 bits per heavy atom. The summed E-state index contributed by atoms with van der Waals surface area (Å²) in [6.07, 6.45) is 1.79. The maximum absolute atomic E-state index is 8.56. The van der Waals surface area contributed by atoms with Gasteiger partial charge in [0.2, 0.25) is 0 Å². The van der Waals surface area contributed by atoms with Gasteiger partial charge in [0, 0.05) is 0 Å². The molecule has 2 aromatic rings. The fraction of sp³-hybridized carbons (Fsp3) is 0.125. The van der Waals surface area contributed by atoms with Gasteiger partial charge in [-0.25, -0.2) is 9.50 Å². The summed E-state index contributed by atoms with van der Waals surface area (Å²) >= 11 is 0. The monoisotopic (exact) mass is 158 g/mol. The molecule has 0 aromatic carbocycles. The molecule has 0 aliphatic carbocycles. The summed E-state index contributed by atoms with van der Waals surface area (Å²) in [7, 11) is 0. The Bertz CT molecular complexity index is 463. The smallest absolute Gasteiger partial charge is 0.161 e. The van der Waals surface area contributed by atoms with Crippen molar-refractivity contribution in [2.24, 2.45) is 0 Å². The number of nitrogens with zero attached hydrogens (tertiary/aromatic N) is 4. The predicted octanol–water partition coefficient (Wildman–Crippen LogP) is 0.909. The molecule has 4 nitrogen and oxygen atoms in total. The van der Waals surface area contributed by atoms with Crippen molar-refractivity contribution in [1.82, 2.24) is 14.6 Å². The second-order valence-electron chi connectivity index (χ2n) is 2.52. The van der Waals surface area contributed by atoms with E-state index in [1.807, 2.05) is 13.0 Å². The van der Waals surface area contributed by atoms with Gasteiger partial charge in [-0.1, -0.05) is 0 Å². The average molecular weight is 158 g/mol. The lowest BCUT2D eigenvalue weighted by atomic mass is 10.4. The van der Waals surface area contributed by atoms with Crippen LogP contribution in [0.25, 0.3) is 5.65 Å². The van der Waals surface area contributed by atoms with Gasteiger partial charge in [0.25, 0.3) is 0 Å². The van der Waals surface area contributed by atoms with Crippen LogP contribution >= 0.6 is 0 Å². The second-order valence-corrected chi connectivity index (χ2v) is 2.52. The normalized spacial score (nSPS) is 10.0. The zero-order valence-corrected chi connectivity index (χ0v) is 6.52. The molecule has 2 rings (SSSR count). The molecule has 2 heterocycles. The van der Waals surface area contributed by atoms with Crippen LogP contribution in [0.1, 0.15) is 11.4 Å². The highest BCUT2D eigenvalue weighted by Crippen LogP contribution is 2.02. The Morgan fingerprint density at radius 1 is 1.50 bits per heavy atom. The molecule has 0 unspecified atom stereocenters. The minimum atomic E-state index is 0.403. The van der Waals surface area contributed by atoms with Crippen molar-refractivity contribution in [2.75, 3.05) is 0 Å². The third-order valence-electron chi connectivity index (χ3n) is 1.56. The number of imidazole rings is 1. The molecule has 2 aromatic heterocycles. The number of hydrogen-bond donors (Lipinski definition) is 0. The van der Waals surface area contributed by atoms with Crippen LogP contribution in [-0.2, 0) is 0 Å². The molecule has 58 valence electrons. The van der Waals surface area contributed by atoms with Crippen LogP contribution in [0.3, 0.4) is 0 Å². The summed E-state index contributed by atoms with van der Waals surface area (Å²) in [5, 5.41) is 12.6. The number of fused-ring (bicyclic) bond motifs is 1. The van der Waals surface area contributed by atoms with Gasteiger partial charge in [0.15, 0.2) is 11.3 Å². The molecule has 0 aliphatic rings. The van der Waals surface area contributed by atoms with Crippen LogP contribution < -0.4 is 0 Å². The average Bonchev–Trinajstić information content (AvgIpc) is 2.43. The molecule has 0 spiro atoms. The summed E-state index contributed by atoms with van der Waals surface area (Å²) in [4.78, 5) is 4.18. The Labute approximate surface area is 69.1 Å². The Hall–Kier alpha value is -1.89. The maximum atomic E-state index is 8.56. The molecule has 4 heteroatoms. The van der Waals surface area contributed by atoms with Gasteiger partial charge in [-0.05, 0) is 19.1 Å².